The van der Waals surface area contributed by atoms with Crippen LogP contribution in [0.15, 0.2) is 54.6 Å². The van der Waals surface area contributed by atoms with Crippen LogP contribution in [-0.2, 0) is 0 Å². The zero-order valence-electron chi connectivity index (χ0n) is 10.5. The van der Waals surface area contributed by atoms with Gasteiger partial charge in [-0.15, -0.1) is 0 Å². The number of ether oxygens (including phenoxy) is 1. The summed E-state index contributed by atoms with van der Waals surface area (Å²) < 4.78 is 5.20. The highest BCUT2D eigenvalue weighted by Crippen LogP contribution is 2.42. The summed E-state index contributed by atoms with van der Waals surface area (Å²) in [6.45, 7) is 0. The largest absolute Gasteiger partial charge is 0.497 e. The van der Waals surface area contributed by atoms with E-state index < -0.39 is 0 Å². The van der Waals surface area contributed by atoms with Gasteiger partial charge in [0.15, 0.2) is 0 Å². The molecule has 2 aromatic carbocycles. The maximum Gasteiger partial charge on any atom is 0.118 e. The molecule has 1 heteroatoms. The van der Waals surface area contributed by atoms with Crippen LogP contribution in [0.2, 0.25) is 0 Å². The molecule has 0 heterocycles. The predicted octanol–water partition coefficient (Wildman–Crippen LogP) is 4.40. The zero-order chi connectivity index (χ0) is 12.4. The Bertz CT molecular complexity index is 564. The lowest BCUT2D eigenvalue weighted by atomic mass is 9.80. The maximum absolute atomic E-state index is 5.20. The number of benzene rings is 2. The van der Waals surface area contributed by atoms with Gasteiger partial charge in [-0.05, 0) is 47.2 Å². The molecule has 0 atom stereocenters. The van der Waals surface area contributed by atoms with Crippen molar-refractivity contribution in [2.24, 2.45) is 0 Å². The van der Waals surface area contributed by atoms with Crippen LogP contribution in [0.3, 0.4) is 0 Å². The Labute approximate surface area is 108 Å². The van der Waals surface area contributed by atoms with E-state index in [-0.39, 0.29) is 0 Å². The molecule has 18 heavy (non-hydrogen) atoms. The van der Waals surface area contributed by atoms with E-state index in [0.29, 0.717) is 0 Å². The molecular weight excluding hydrogens is 220 g/mol. The fourth-order valence-corrected chi connectivity index (χ4v) is 2.44. The van der Waals surface area contributed by atoms with Crippen LogP contribution in [0.4, 0.5) is 0 Å². The maximum atomic E-state index is 5.20. The number of hydrogen-bond acceptors (Lipinski definition) is 1. The fraction of sp³-hybridized carbons (Fsp3) is 0.176. The molecule has 0 saturated carbocycles. The Kier molecular flexibility index (Phi) is 2.89. The number of allylic oxidation sites excluding steroid dienone is 2. The first-order valence-electron chi connectivity index (χ1n) is 6.30. The van der Waals surface area contributed by atoms with Crippen molar-refractivity contribution in [2.45, 2.75) is 12.8 Å². The summed E-state index contributed by atoms with van der Waals surface area (Å²) in [7, 11) is 1.70. The third-order valence-corrected chi connectivity index (χ3v) is 3.55. The highest BCUT2D eigenvalue weighted by Gasteiger charge is 2.19. The van der Waals surface area contributed by atoms with E-state index in [1.807, 2.05) is 12.1 Å². The van der Waals surface area contributed by atoms with Gasteiger partial charge in [0, 0.05) is 0 Å². The van der Waals surface area contributed by atoms with Crippen molar-refractivity contribution in [1.29, 1.82) is 0 Å². The summed E-state index contributed by atoms with van der Waals surface area (Å²) in [5, 5.41) is 0. The minimum Gasteiger partial charge on any atom is -0.497 e. The Morgan fingerprint density at radius 2 is 1.28 bits per heavy atom. The van der Waals surface area contributed by atoms with Crippen molar-refractivity contribution in [3.05, 3.63) is 65.7 Å². The van der Waals surface area contributed by atoms with Gasteiger partial charge in [-0.2, -0.15) is 0 Å². The molecule has 0 N–H and O–H groups in total. The molecule has 0 radical (unpaired) electrons. The van der Waals surface area contributed by atoms with Crippen LogP contribution in [0.5, 0.6) is 5.75 Å². The Hall–Kier alpha value is -2.02. The van der Waals surface area contributed by atoms with Crippen LogP contribution in [0.1, 0.15) is 24.0 Å². The lowest BCUT2D eigenvalue weighted by Crippen LogP contribution is -2.02. The minimum absolute atomic E-state index is 0.917. The Morgan fingerprint density at radius 3 is 1.78 bits per heavy atom. The van der Waals surface area contributed by atoms with Gasteiger partial charge in [-0.25, -0.2) is 0 Å². The molecule has 1 aliphatic rings. The monoisotopic (exact) mass is 236 g/mol. The van der Waals surface area contributed by atoms with Gasteiger partial charge in [0.25, 0.3) is 0 Å². The molecule has 2 aromatic rings. The first-order chi connectivity index (χ1) is 8.88. The molecular formula is C17H16O. The molecule has 0 unspecified atom stereocenters. The van der Waals surface area contributed by atoms with Gasteiger partial charge in [-0.3, -0.25) is 0 Å². The highest BCUT2D eigenvalue weighted by atomic mass is 16.5. The lowest BCUT2D eigenvalue weighted by Gasteiger charge is -2.24. The quantitative estimate of drug-likeness (QED) is 0.767. The molecule has 0 amide bonds. The van der Waals surface area contributed by atoms with Crippen LogP contribution in [-0.4, -0.2) is 7.11 Å². The molecule has 0 fully saturated rings. The van der Waals surface area contributed by atoms with Gasteiger partial charge in [0.2, 0.25) is 0 Å². The average Bonchev–Trinajstić information content (AvgIpc) is 2.40. The average molecular weight is 236 g/mol. The molecule has 1 aliphatic carbocycles. The van der Waals surface area contributed by atoms with E-state index >= 15 is 0 Å². The smallest absolute Gasteiger partial charge is 0.118 e. The van der Waals surface area contributed by atoms with E-state index in [1.54, 1.807) is 7.11 Å². The van der Waals surface area contributed by atoms with E-state index in [1.165, 1.54) is 35.1 Å². The first-order valence-corrected chi connectivity index (χ1v) is 6.30. The topological polar surface area (TPSA) is 9.23 Å². The normalized spacial score (nSPS) is 14.3. The molecule has 3 rings (SSSR count). The van der Waals surface area contributed by atoms with Crippen molar-refractivity contribution in [3.63, 3.8) is 0 Å². The summed E-state index contributed by atoms with van der Waals surface area (Å²) in [6, 6.07) is 19.0. The molecule has 0 aromatic heterocycles. The van der Waals surface area contributed by atoms with Gasteiger partial charge in [0.1, 0.15) is 5.75 Å². The second-order valence-corrected chi connectivity index (χ2v) is 4.55. The highest BCUT2D eigenvalue weighted by molar-refractivity contribution is 5.96. The summed E-state index contributed by atoms with van der Waals surface area (Å²) in [5.74, 6) is 0.917. The van der Waals surface area contributed by atoms with Crippen molar-refractivity contribution >= 4 is 11.1 Å². The molecule has 90 valence electrons. The molecule has 0 bridgehead atoms. The summed E-state index contributed by atoms with van der Waals surface area (Å²) in [5.41, 5.74) is 5.64. The third kappa shape index (κ3) is 1.92. The van der Waals surface area contributed by atoms with Crippen LogP contribution >= 0.6 is 0 Å². The van der Waals surface area contributed by atoms with Crippen molar-refractivity contribution in [2.75, 3.05) is 7.11 Å². The third-order valence-electron chi connectivity index (χ3n) is 3.55. The summed E-state index contributed by atoms with van der Waals surface area (Å²) in [6.07, 6.45) is 2.36. The van der Waals surface area contributed by atoms with E-state index in [4.69, 9.17) is 4.74 Å². The lowest BCUT2D eigenvalue weighted by molar-refractivity contribution is 0.415. The minimum atomic E-state index is 0.917. The summed E-state index contributed by atoms with van der Waals surface area (Å²) in [4.78, 5) is 0. The molecule has 0 aliphatic heterocycles. The van der Waals surface area contributed by atoms with E-state index in [0.717, 1.165) is 5.75 Å². The van der Waals surface area contributed by atoms with Crippen molar-refractivity contribution < 1.29 is 4.74 Å². The van der Waals surface area contributed by atoms with Crippen molar-refractivity contribution in [3.8, 4) is 5.75 Å². The second-order valence-electron chi connectivity index (χ2n) is 4.55. The van der Waals surface area contributed by atoms with Crippen molar-refractivity contribution in [1.82, 2.24) is 0 Å². The standard InChI is InChI=1S/C17H16O/c1-18-15-9-7-14(8-10-15)17-12-11-16(17)13-5-3-2-4-6-13/h2-10H,11-12H2,1H3. The van der Waals surface area contributed by atoms with Crippen LogP contribution in [0, 0.1) is 0 Å². The van der Waals surface area contributed by atoms with Crippen LogP contribution in [0.25, 0.3) is 11.1 Å². The van der Waals surface area contributed by atoms with Gasteiger partial charge in [0.05, 0.1) is 7.11 Å². The fourth-order valence-electron chi connectivity index (χ4n) is 2.44. The number of rotatable bonds is 3. The van der Waals surface area contributed by atoms with Gasteiger partial charge >= 0.3 is 0 Å². The van der Waals surface area contributed by atoms with E-state index in [9.17, 15) is 0 Å². The van der Waals surface area contributed by atoms with Crippen LogP contribution < -0.4 is 4.74 Å². The Morgan fingerprint density at radius 1 is 0.722 bits per heavy atom. The zero-order valence-corrected chi connectivity index (χ0v) is 10.5. The molecule has 1 nitrogen and oxygen atoms in total. The number of methoxy groups -OCH3 is 1. The first kappa shape index (κ1) is 11.1. The number of hydrogen-bond donors (Lipinski definition) is 0. The second kappa shape index (κ2) is 4.69. The van der Waals surface area contributed by atoms with E-state index in [2.05, 4.69) is 42.5 Å². The SMILES string of the molecule is COc1ccc(C2=C(c3ccccc3)CC2)cc1. The Balaban J connectivity index is 1.96. The molecule has 0 saturated heterocycles. The summed E-state index contributed by atoms with van der Waals surface area (Å²) >= 11 is 0. The molecule has 0 spiro atoms. The predicted molar refractivity (Wildman–Crippen MR) is 75.5 cm³/mol. The van der Waals surface area contributed by atoms with Gasteiger partial charge < -0.3 is 4.74 Å². The van der Waals surface area contributed by atoms with Gasteiger partial charge in [-0.1, -0.05) is 42.5 Å².